The van der Waals surface area contributed by atoms with Crippen molar-refractivity contribution in [3.05, 3.63) is 0 Å². The fourth-order valence-electron chi connectivity index (χ4n) is 2.30. The number of hydrogen-bond acceptors (Lipinski definition) is 4. The zero-order valence-electron chi connectivity index (χ0n) is 12.5. The number of carboxylic acid groups (broad SMARTS) is 2. The van der Waals surface area contributed by atoms with Gasteiger partial charge in [-0.1, -0.05) is 38.5 Å². The van der Waals surface area contributed by atoms with Gasteiger partial charge in [0.1, 0.15) is 0 Å². The van der Waals surface area contributed by atoms with Gasteiger partial charge in [-0.15, -0.1) is 0 Å². The summed E-state index contributed by atoms with van der Waals surface area (Å²) in [5.41, 5.74) is 0. The molecule has 0 rings (SSSR count). The van der Waals surface area contributed by atoms with Crippen LogP contribution in [0.5, 0.6) is 0 Å². The zero-order chi connectivity index (χ0) is 16.1. The zero-order valence-corrected chi connectivity index (χ0v) is 12.5. The van der Waals surface area contributed by atoms with Gasteiger partial charge in [0.25, 0.3) is 0 Å². The number of aliphatic hydroxyl groups excluding tert-OH is 2. The lowest BCUT2D eigenvalue weighted by atomic mass is 9.95. The Labute approximate surface area is 125 Å². The van der Waals surface area contributed by atoms with E-state index in [-0.39, 0.29) is 12.8 Å². The van der Waals surface area contributed by atoms with Crippen LogP contribution < -0.4 is 0 Å². The number of carbonyl (C=O) groups is 2. The highest BCUT2D eigenvalue weighted by Gasteiger charge is 2.20. The van der Waals surface area contributed by atoms with Crippen LogP contribution in [-0.2, 0) is 9.59 Å². The average molecular weight is 304 g/mol. The number of aliphatic hydroxyl groups is 2. The molecule has 0 aliphatic heterocycles. The molecule has 6 heteroatoms. The first kappa shape index (κ1) is 19.9. The summed E-state index contributed by atoms with van der Waals surface area (Å²) in [6, 6.07) is 0. The third-order valence-corrected chi connectivity index (χ3v) is 3.56. The molecule has 0 heterocycles. The van der Waals surface area contributed by atoms with Crippen LogP contribution in [0.3, 0.4) is 0 Å². The first-order valence-corrected chi connectivity index (χ1v) is 7.71. The van der Waals surface area contributed by atoms with Crippen molar-refractivity contribution in [2.24, 2.45) is 5.92 Å². The lowest BCUT2D eigenvalue weighted by Gasteiger charge is -2.15. The summed E-state index contributed by atoms with van der Waals surface area (Å²) in [5, 5.41) is 35.5. The summed E-state index contributed by atoms with van der Waals surface area (Å²) in [6.45, 7) is -0.403. The molecule has 0 bridgehead atoms. The molecule has 0 aromatic carbocycles. The van der Waals surface area contributed by atoms with Crippen LogP contribution in [-0.4, -0.2) is 45.1 Å². The van der Waals surface area contributed by atoms with Gasteiger partial charge >= 0.3 is 11.9 Å². The van der Waals surface area contributed by atoms with Gasteiger partial charge in [-0.05, 0) is 19.3 Å². The maximum atomic E-state index is 11.0. The van der Waals surface area contributed by atoms with E-state index in [0.717, 1.165) is 44.9 Å². The van der Waals surface area contributed by atoms with E-state index < -0.39 is 30.6 Å². The van der Waals surface area contributed by atoms with E-state index in [9.17, 15) is 14.7 Å². The monoisotopic (exact) mass is 304 g/mol. The van der Waals surface area contributed by atoms with Crippen LogP contribution in [0.25, 0.3) is 0 Å². The minimum Gasteiger partial charge on any atom is -0.481 e. The highest BCUT2D eigenvalue weighted by Crippen LogP contribution is 2.17. The third kappa shape index (κ3) is 12.3. The number of aliphatic carboxylic acids is 2. The van der Waals surface area contributed by atoms with Crippen molar-refractivity contribution in [2.45, 2.75) is 70.3 Å². The summed E-state index contributed by atoms with van der Waals surface area (Å²) in [4.78, 5) is 21.3. The van der Waals surface area contributed by atoms with Gasteiger partial charge in [0.2, 0.25) is 0 Å². The highest BCUT2D eigenvalue weighted by molar-refractivity contribution is 5.69. The van der Waals surface area contributed by atoms with Crippen LogP contribution in [0, 0.1) is 5.92 Å². The number of hydrogen-bond donors (Lipinski definition) is 4. The number of carboxylic acids is 2. The summed E-state index contributed by atoms with van der Waals surface area (Å²) in [6.07, 6.45) is 6.34. The SMILES string of the molecule is O=C(O)CCCCCCCCCC(CC(O)CO)C(=O)O. The first-order valence-electron chi connectivity index (χ1n) is 7.71. The van der Waals surface area contributed by atoms with E-state index in [4.69, 9.17) is 15.3 Å². The largest absolute Gasteiger partial charge is 0.481 e. The Morgan fingerprint density at radius 1 is 0.857 bits per heavy atom. The van der Waals surface area contributed by atoms with Gasteiger partial charge < -0.3 is 20.4 Å². The van der Waals surface area contributed by atoms with E-state index in [1.165, 1.54) is 0 Å². The lowest BCUT2D eigenvalue weighted by molar-refractivity contribution is -0.143. The van der Waals surface area contributed by atoms with Crippen molar-refractivity contribution in [2.75, 3.05) is 6.61 Å². The number of rotatable bonds is 14. The van der Waals surface area contributed by atoms with Crippen molar-refractivity contribution in [3.8, 4) is 0 Å². The van der Waals surface area contributed by atoms with Crippen molar-refractivity contribution in [3.63, 3.8) is 0 Å². The molecule has 21 heavy (non-hydrogen) atoms. The molecular weight excluding hydrogens is 276 g/mol. The van der Waals surface area contributed by atoms with Gasteiger partial charge in [0, 0.05) is 6.42 Å². The minimum absolute atomic E-state index is 0.0982. The molecule has 0 amide bonds. The van der Waals surface area contributed by atoms with Gasteiger partial charge in [-0.3, -0.25) is 9.59 Å². The Morgan fingerprint density at radius 3 is 1.86 bits per heavy atom. The van der Waals surface area contributed by atoms with Gasteiger partial charge in [-0.25, -0.2) is 0 Å². The quantitative estimate of drug-likeness (QED) is 0.365. The molecule has 0 aliphatic rings. The maximum absolute atomic E-state index is 11.0. The average Bonchev–Trinajstić information content (AvgIpc) is 2.43. The molecule has 124 valence electrons. The molecule has 0 aromatic rings. The molecule has 0 saturated heterocycles. The van der Waals surface area contributed by atoms with Crippen LogP contribution in [0.1, 0.15) is 64.2 Å². The standard InChI is InChI=1S/C15H28O6/c16-11-13(17)10-12(15(20)21)8-6-4-2-1-3-5-7-9-14(18)19/h12-13,16-17H,1-11H2,(H,18,19)(H,20,21). The van der Waals surface area contributed by atoms with Crippen molar-refractivity contribution in [1.82, 2.24) is 0 Å². The fraction of sp³-hybridized carbons (Fsp3) is 0.867. The summed E-state index contributed by atoms with van der Waals surface area (Å²) >= 11 is 0. The molecule has 0 radical (unpaired) electrons. The fourth-order valence-corrected chi connectivity index (χ4v) is 2.30. The smallest absolute Gasteiger partial charge is 0.306 e. The Morgan fingerprint density at radius 2 is 1.38 bits per heavy atom. The lowest BCUT2D eigenvalue weighted by Crippen LogP contribution is -2.23. The predicted molar refractivity (Wildman–Crippen MR) is 78.0 cm³/mol. The van der Waals surface area contributed by atoms with Crippen LogP contribution in [0.15, 0.2) is 0 Å². The van der Waals surface area contributed by atoms with E-state index in [1.807, 2.05) is 0 Å². The molecule has 2 atom stereocenters. The third-order valence-electron chi connectivity index (χ3n) is 3.56. The molecular formula is C15H28O6. The number of unbranched alkanes of at least 4 members (excludes halogenated alkanes) is 6. The van der Waals surface area contributed by atoms with Crippen LogP contribution >= 0.6 is 0 Å². The maximum Gasteiger partial charge on any atom is 0.306 e. The Bertz CT molecular complexity index is 292. The topological polar surface area (TPSA) is 115 Å². The van der Waals surface area contributed by atoms with Gasteiger partial charge in [0.05, 0.1) is 18.6 Å². The Hall–Kier alpha value is -1.14. The second-order valence-corrected chi connectivity index (χ2v) is 5.51. The molecule has 6 nitrogen and oxygen atoms in total. The van der Waals surface area contributed by atoms with Crippen molar-refractivity contribution < 1.29 is 30.0 Å². The van der Waals surface area contributed by atoms with E-state index in [1.54, 1.807) is 0 Å². The second-order valence-electron chi connectivity index (χ2n) is 5.51. The summed E-state index contributed by atoms with van der Waals surface area (Å²) < 4.78 is 0. The van der Waals surface area contributed by atoms with Gasteiger partial charge in [-0.2, -0.15) is 0 Å². The predicted octanol–water partition coefficient (Wildman–Crippen LogP) is 2.03. The molecule has 0 fully saturated rings. The van der Waals surface area contributed by atoms with E-state index >= 15 is 0 Å². The summed E-state index contributed by atoms with van der Waals surface area (Å²) in [7, 11) is 0. The second kappa shape index (κ2) is 12.6. The molecule has 0 aromatic heterocycles. The Balaban J connectivity index is 3.54. The van der Waals surface area contributed by atoms with Crippen LogP contribution in [0.2, 0.25) is 0 Å². The molecule has 0 aliphatic carbocycles. The van der Waals surface area contributed by atoms with Crippen molar-refractivity contribution >= 4 is 11.9 Å². The first-order chi connectivity index (χ1) is 9.97. The van der Waals surface area contributed by atoms with E-state index in [2.05, 4.69) is 0 Å². The highest BCUT2D eigenvalue weighted by atomic mass is 16.4. The van der Waals surface area contributed by atoms with Gasteiger partial charge in [0.15, 0.2) is 0 Å². The molecule has 0 saturated carbocycles. The molecule has 0 spiro atoms. The van der Waals surface area contributed by atoms with Crippen molar-refractivity contribution in [1.29, 1.82) is 0 Å². The normalized spacial score (nSPS) is 13.8. The molecule has 4 N–H and O–H groups in total. The van der Waals surface area contributed by atoms with Crippen LogP contribution in [0.4, 0.5) is 0 Å². The van der Waals surface area contributed by atoms with E-state index in [0.29, 0.717) is 6.42 Å². The summed E-state index contributed by atoms with van der Waals surface area (Å²) in [5.74, 6) is -2.27. The minimum atomic E-state index is -0.958. The molecule has 2 unspecified atom stereocenters. The Kier molecular flexibility index (Phi) is 11.9.